The summed E-state index contributed by atoms with van der Waals surface area (Å²) in [7, 11) is 1.66. The highest BCUT2D eigenvalue weighted by Gasteiger charge is 2.14. The van der Waals surface area contributed by atoms with Crippen molar-refractivity contribution in [2.45, 2.75) is 46.0 Å². The zero-order chi connectivity index (χ0) is 22.2. The number of benzene rings is 2. The maximum Gasteiger partial charge on any atom is 0.300 e. The zero-order valence-electron chi connectivity index (χ0n) is 18.3. The van der Waals surface area contributed by atoms with Gasteiger partial charge in [-0.3, -0.25) is 4.79 Å². The number of hydrogen-bond acceptors (Lipinski definition) is 5. The van der Waals surface area contributed by atoms with E-state index in [1.54, 1.807) is 7.11 Å². The highest BCUT2D eigenvalue weighted by atomic mass is 16.5. The average molecular weight is 424 g/mol. The monoisotopic (exact) mass is 423 g/mol. The van der Waals surface area contributed by atoms with Gasteiger partial charge in [-0.1, -0.05) is 13.0 Å². The Morgan fingerprint density at radius 3 is 2.45 bits per heavy atom. The second kappa shape index (κ2) is 10.7. The maximum absolute atomic E-state index is 9.00. The fraction of sp³-hybridized carbons (Fsp3) is 0.360. The zero-order valence-corrected chi connectivity index (χ0v) is 18.3. The minimum Gasteiger partial charge on any atom is -0.497 e. The number of fused-ring (bicyclic) bond motifs is 1. The minimum atomic E-state index is -0.833. The number of methoxy groups -OCH3 is 1. The van der Waals surface area contributed by atoms with E-state index in [0.29, 0.717) is 12.5 Å². The van der Waals surface area contributed by atoms with Crippen LogP contribution in [0.25, 0.3) is 11.5 Å². The molecule has 0 saturated heterocycles. The number of ether oxygens (including phenoxy) is 2. The van der Waals surface area contributed by atoms with E-state index in [9.17, 15) is 0 Å². The van der Waals surface area contributed by atoms with Crippen LogP contribution in [0.2, 0.25) is 0 Å². The van der Waals surface area contributed by atoms with Gasteiger partial charge in [-0.2, -0.15) is 0 Å². The molecule has 31 heavy (non-hydrogen) atoms. The van der Waals surface area contributed by atoms with Crippen molar-refractivity contribution in [2.75, 3.05) is 13.7 Å². The Kier molecular flexibility index (Phi) is 7.70. The van der Waals surface area contributed by atoms with Crippen LogP contribution in [-0.4, -0.2) is 29.8 Å². The predicted molar refractivity (Wildman–Crippen MR) is 119 cm³/mol. The van der Waals surface area contributed by atoms with Crippen LogP contribution in [-0.2, 0) is 30.5 Å². The van der Waals surface area contributed by atoms with Crippen LogP contribution in [0.4, 0.5) is 0 Å². The molecule has 2 aromatic carbocycles. The summed E-state index contributed by atoms with van der Waals surface area (Å²) in [5, 5.41) is 7.42. The topological polar surface area (TPSA) is 81.8 Å². The summed E-state index contributed by atoms with van der Waals surface area (Å²) in [6, 6.07) is 14.2. The SMILES string of the molecule is CC(=O)O.CCc1oc(-c2ccc(OC)cc2)nc1CCOc1ccc2c(c1)CCC2. The molecule has 0 radical (unpaired) electrons. The number of oxazole rings is 1. The van der Waals surface area contributed by atoms with Crippen LogP contribution in [0.1, 0.15) is 42.8 Å². The number of hydrogen-bond donors (Lipinski definition) is 1. The number of aryl methyl sites for hydroxylation is 3. The highest BCUT2D eigenvalue weighted by Crippen LogP contribution is 2.27. The van der Waals surface area contributed by atoms with E-state index in [1.165, 1.54) is 30.4 Å². The maximum atomic E-state index is 9.00. The van der Waals surface area contributed by atoms with Gasteiger partial charge in [0.2, 0.25) is 5.89 Å². The van der Waals surface area contributed by atoms with Gasteiger partial charge >= 0.3 is 0 Å². The molecule has 0 fully saturated rings. The van der Waals surface area contributed by atoms with E-state index in [0.717, 1.165) is 48.3 Å². The number of aliphatic carboxylic acids is 1. The number of carboxylic acid groups (broad SMARTS) is 1. The molecule has 0 amide bonds. The van der Waals surface area contributed by atoms with Crippen molar-refractivity contribution >= 4 is 5.97 Å². The summed E-state index contributed by atoms with van der Waals surface area (Å²) in [6.07, 6.45) is 5.17. The van der Waals surface area contributed by atoms with E-state index in [2.05, 4.69) is 25.1 Å². The van der Waals surface area contributed by atoms with Gasteiger partial charge in [0, 0.05) is 25.3 Å². The van der Waals surface area contributed by atoms with Gasteiger partial charge in [0.15, 0.2) is 0 Å². The molecule has 0 unspecified atom stereocenters. The molecule has 0 atom stereocenters. The second-order valence-corrected chi connectivity index (χ2v) is 7.37. The Hall–Kier alpha value is -3.28. The molecule has 164 valence electrons. The van der Waals surface area contributed by atoms with Crippen LogP contribution in [0.3, 0.4) is 0 Å². The van der Waals surface area contributed by atoms with Crippen molar-refractivity contribution in [3.63, 3.8) is 0 Å². The molecule has 1 aliphatic carbocycles. The number of nitrogens with zero attached hydrogens (tertiary/aromatic N) is 1. The lowest BCUT2D eigenvalue weighted by atomic mass is 10.1. The molecule has 0 bridgehead atoms. The first-order chi connectivity index (χ1) is 15.0. The van der Waals surface area contributed by atoms with Crippen molar-refractivity contribution in [3.05, 3.63) is 65.0 Å². The minimum absolute atomic E-state index is 0.598. The van der Waals surface area contributed by atoms with E-state index in [-0.39, 0.29) is 0 Å². The lowest BCUT2D eigenvalue weighted by Crippen LogP contribution is -2.04. The van der Waals surface area contributed by atoms with Gasteiger partial charge < -0.3 is 19.0 Å². The molecular formula is C25H29NO5. The fourth-order valence-electron chi connectivity index (χ4n) is 3.62. The predicted octanol–water partition coefficient (Wildman–Crippen LogP) is 5.11. The molecule has 6 nitrogen and oxygen atoms in total. The third-order valence-electron chi connectivity index (χ3n) is 5.11. The average Bonchev–Trinajstić information content (AvgIpc) is 3.40. The van der Waals surface area contributed by atoms with Crippen LogP contribution in [0.5, 0.6) is 11.5 Å². The summed E-state index contributed by atoms with van der Waals surface area (Å²) in [6.45, 7) is 3.77. The molecule has 0 saturated carbocycles. The third-order valence-corrected chi connectivity index (χ3v) is 5.11. The summed E-state index contributed by atoms with van der Waals surface area (Å²) < 4.78 is 17.2. The molecule has 0 spiro atoms. The first-order valence-electron chi connectivity index (χ1n) is 10.6. The number of carboxylic acids is 1. The lowest BCUT2D eigenvalue weighted by Gasteiger charge is -2.07. The van der Waals surface area contributed by atoms with Crippen molar-refractivity contribution in [1.29, 1.82) is 0 Å². The Bertz CT molecular complexity index is 1000. The molecule has 4 rings (SSSR count). The normalized spacial score (nSPS) is 12.0. The van der Waals surface area contributed by atoms with Crippen LogP contribution < -0.4 is 9.47 Å². The molecule has 1 aromatic heterocycles. The first-order valence-corrected chi connectivity index (χ1v) is 10.6. The van der Waals surface area contributed by atoms with Gasteiger partial charge in [0.25, 0.3) is 5.97 Å². The molecule has 1 heterocycles. The Morgan fingerprint density at radius 2 is 1.77 bits per heavy atom. The van der Waals surface area contributed by atoms with Crippen LogP contribution in [0, 0.1) is 0 Å². The highest BCUT2D eigenvalue weighted by molar-refractivity contribution is 5.63. The van der Waals surface area contributed by atoms with Crippen LogP contribution >= 0.6 is 0 Å². The fourth-order valence-corrected chi connectivity index (χ4v) is 3.62. The number of carbonyl (C=O) groups is 1. The summed E-state index contributed by atoms with van der Waals surface area (Å²) >= 11 is 0. The second-order valence-electron chi connectivity index (χ2n) is 7.37. The van der Waals surface area contributed by atoms with E-state index in [1.807, 2.05) is 24.3 Å². The van der Waals surface area contributed by atoms with Gasteiger partial charge in [-0.15, -0.1) is 0 Å². The van der Waals surface area contributed by atoms with Gasteiger partial charge in [0.1, 0.15) is 17.3 Å². The van der Waals surface area contributed by atoms with Crippen molar-refractivity contribution in [2.24, 2.45) is 0 Å². The Balaban J connectivity index is 0.000000628. The third kappa shape index (κ3) is 6.10. The summed E-state index contributed by atoms with van der Waals surface area (Å²) in [5.74, 6) is 2.52. The molecule has 0 aliphatic heterocycles. The lowest BCUT2D eigenvalue weighted by molar-refractivity contribution is -0.134. The smallest absolute Gasteiger partial charge is 0.300 e. The van der Waals surface area contributed by atoms with Gasteiger partial charge in [0.05, 0.1) is 19.4 Å². The van der Waals surface area contributed by atoms with Crippen LogP contribution in [0.15, 0.2) is 46.9 Å². The van der Waals surface area contributed by atoms with Crippen molar-refractivity contribution in [1.82, 2.24) is 4.98 Å². The largest absolute Gasteiger partial charge is 0.497 e. The molecule has 3 aromatic rings. The Labute approximate surface area is 182 Å². The van der Waals surface area contributed by atoms with Crippen molar-refractivity contribution in [3.8, 4) is 23.0 Å². The summed E-state index contributed by atoms with van der Waals surface area (Å²) in [5.41, 5.74) is 4.84. The van der Waals surface area contributed by atoms with E-state index < -0.39 is 5.97 Å². The Morgan fingerprint density at radius 1 is 1.10 bits per heavy atom. The van der Waals surface area contributed by atoms with Crippen molar-refractivity contribution < 1.29 is 23.8 Å². The van der Waals surface area contributed by atoms with E-state index >= 15 is 0 Å². The summed E-state index contributed by atoms with van der Waals surface area (Å²) in [4.78, 5) is 13.7. The molecule has 1 aliphatic rings. The molecular weight excluding hydrogens is 394 g/mol. The quantitative estimate of drug-likeness (QED) is 0.568. The first kappa shape index (κ1) is 22.4. The van der Waals surface area contributed by atoms with E-state index in [4.69, 9.17) is 28.8 Å². The number of aromatic nitrogens is 1. The number of rotatable bonds is 7. The molecule has 6 heteroatoms. The van der Waals surface area contributed by atoms with Gasteiger partial charge in [-0.25, -0.2) is 4.98 Å². The van der Waals surface area contributed by atoms with Gasteiger partial charge in [-0.05, 0) is 66.8 Å². The standard InChI is InChI=1S/C23H25NO3.C2H4O2/c1-3-22-21(24-23(27-22)17-8-10-19(25-2)11-9-17)13-14-26-20-12-7-16-5-4-6-18(16)15-20;1-2(3)4/h7-12,15H,3-6,13-14H2,1-2H3;1H3,(H,3,4). The molecule has 1 N–H and O–H groups in total.